The third-order valence-electron chi connectivity index (χ3n) is 3.06. The highest BCUT2D eigenvalue weighted by Gasteiger charge is 2.31. The van der Waals surface area contributed by atoms with Crippen LogP contribution in [0.25, 0.3) is 0 Å². The molecule has 0 aromatic heterocycles. The fraction of sp³-hybridized carbons (Fsp3) is 0.462. The van der Waals surface area contributed by atoms with Crippen molar-refractivity contribution in [1.29, 1.82) is 0 Å². The summed E-state index contributed by atoms with van der Waals surface area (Å²) in [5.74, 6) is 0.0614. The largest absolute Gasteiger partial charge is 0.341 e. The lowest BCUT2D eigenvalue weighted by molar-refractivity contribution is -0.131. The zero-order valence-corrected chi connectivity index (χ0v) is 10.8. The van der Waals surface area contributed by atoms with E-state index in [9.17, 15) is 4.79 Å². The summed E-state index contributed by atoms with van der Waals surface area (Å²) < 4.78 is 0. The van der Waals surface area contributed by atoms with Gasteiger partial charge in [0.05, 0.1) is 6.04 Å². The predicted octanol–water partition coefficient (Wildman–Crippen LogP) is 1.60. The van der Waals surface area contributed by atoms with E-state index in [1.54, 1.807) is 4.90 Å². The van der Waals surface area contributed by atoms with Gasteiger partial charge in [-0.1, -0.05) is 30.3 Å². The third kappa shape index (κ3) is 3.72. The summed E-state index contributed by atoms with van der Waals surface area (Å²) in [6.45, 7) is 0. The number of hydrogen-bond donors (Lipinski definition) is 1. The Morgan fingerprint density at radius 2 is 2.00 bits per heavy atom. The molecule has 3 nitrogen and oxygen atoms in total. The number of amides is 1. The standard InChI is InChI=1S/C13H18N2O.ClH/c1-15(11-7-8-11)13(16)12(14)9-10-5-3-2-4-6-10;/h2-6,11-12H,7-9,14H2,1H3;1H/t12-;/m0./s1. The second-order valence-corrected chi connectivity index (χ2v) is 4.48. The van der Waals surface area contributed by atoms with Crippen molar-refractivity contribution in [2.75, 3.05) is 7.05 Å². The summed E-state index contributed by atoms with van der Waals surface area (Å²) in [5, 5.41) is 0. The molecule has 2 N–H and O–H groups in total. The van der Waals surface area contributed by atoms with Gasteiger partial charge in [0, 0.05) is 13.1 Å². The molecule has 1 fully saturated rings. The molecule has 0 bridgehead atoms. The Hall–Kier alpha value is -1.06. The second kappa shape index (κ2) is 6.03. The molecule has 94 valence electrons. The number of benzene rings is 1. The van der Waals surface area contributed by atoms with Crippen molar-refractivity contribution in [3.63, 3.8) is 0 Å². The van der Waals surface area contributed by atoms with Gasteiger partial charge in [-0.25, -0.2) is 0 Å². The molecule has 1 saturated carbocycles. The number of rotatable bonds is 4. The number of hydrogen-bond acceptors (Lipinski definition) is 2. The lowest BCUT2D eigenvalue weighted by Crippen LogP contribution is -2.44. The Morgan fingerprint density at radius 3 is 2.53 bits per heavy atom. The third-order valence-corrected chi connectivity index (χ3v) is 3.06. The average Bonchev–Trinajstić information content (AvgIpc) is 3.12. The zero-order valence-electron chi connectivity index (χ0n) is 10.0. The highest BCUT2D eigenvalue weighted by Crippen LogP contribution is 2.25. The highest BCUT2D eigenvalue weighted by molar-refractivity contribution is 5.85. The lowest BCUT2D eigenvalue weighted by atomic mass is 10.1. The first-order chi connectivity index (χ1) is 7.68. The quantitative estimate of drug-likeness (QED) is 0.887. The first-order valence-electron chi connectivity index (χ1n) is 5.74. The smallest absolute Gasteiger partial charge is 0.239 e. The van der Waals surface area contributed by atoms with Crippen molar-refractivity contribution in [2.24, 2.45) is 5.73 Å². The molecular formula is C13H19ClN2O. The maximum atomic E-state index is 11.9. The Kier molecular flexibility index (Phi) is 4.97. The van der Waals surface area contributed by atoms with Crippen LogP contribution in [-0.2, 0) is 11.2 Å². The van der Waals surface area contributed by atoms with Gasteiger partial charge in [0.1, 0.15) is 0 Å². The SMILES string of the molecule is CN(C(=O)[C@@H](N)Cc1ccccc1)C1CC1.Cl. The molecule has 0 spiro atoms. The number of nitrogens with two attached hydrogens (primary N) is 1. The molecule has 1 atom stereocenters. The van der Waals surface area contributed by atoms with Gasteiger partial charge >= 0.3 is 0 Å². The summed E-state index contributed by atoms with van der Waals surface area (Å²) in [6, 6.07) is 9.94. The van der Waals surface area contributed by atoms with Crippen molar-refractivity contribution in [3.8, 4) is 0 Å². The van der Waals surface area contributed by atoms with Crippen LogP contribution >= 0.6 is 12.4 Å². The van der Waals surface area contributed by atoms with E-state index in [0.29, 0.717) is 12.5 Å². The van der Waals surface area contributed by atoms with Crippen LogP contribution < -0.4 is 5.73 Å². The van der Waals surface area contributed by atoms with Crippen molar-refractivity contribution in [1.82, 2.24) is 4.90 Å². The molecule has 0 radical (unpaired) electrons. The van der Waals surface area contributed by atoms with Crippen LogP contribution in [0.3, 0.4) is 0 Å². The summed E-state index contributed by atoms with van der Waals surface area (Å²) in [4.78, 5) is 13.7. The normalized spacial score (nSPS) is 15.9. The van der Waals surface area contributed by atoms with Gasteiger partial charge < -0.3 is 10.6 Å². The Bertz CT molecular complexity index is 365. The van der Waals surface area contributed by atoms with E-state index < -0.39 is 6.04 Å². The van der Waals surface area contributed by atoms with E-state index in [1.807, 2.05) is 37.4 Å². The summed E-state index contributed by atoms with van der Waals surface area (Å²) in [5.41, 5.74) is 7.04. The van der Waals surface area contributed by atoms with E-state index in [2.05, 4.69) is 0 Å². The molecule has 1 aliphatic rings. The van der Waals surface area contributed by atoms with Gasteiger partial charge in [-0.2, -0.15) is 0 Å². The van der Waals surface area contributed by atoms with Gasteiger partial charge in [0.15, 0.2) is 0 Å². The topological polar surface area (TPSA) is 46.3 Å². The number of carbonyl (C=O) groups is 1. The zero-order chi connectivity index (χ0) is 11.5. The van der Waals surface area contributed by atoms with Crippen molar-refractivity contribution in [3.05, 3.63) is 35.9 Å². The first-order valence-corrected chi connectivity index (χ1v) is 5.74. The number of likely N-dealkylation sites (N-methyl/N-ethyl adjacent to an activating group) is 1. The number of nitrogens with zero attached hydrogens (tertiary/aromatic N) is 1. The van der Waals surface area contributed by atoms with Crippen LogP contribution in [0.5, 0.6) is 0 Å². The molecule has 1 aliphatic carbocycles. The Morgan fingerprint density at radius 1 is 1.41 bits per heavy atom. The van der Waals surface area contributed by atoms with E-state index in [1.165, 1.54) is 0 Å². The fourth-order valence-corrected chi connectivity index (χ4v) is 1.86. The second-order valence-electron chi connectivity index (χ2n) is 4.48. The first kappa shape index (κ1) is 14.0. The molecule has 17 heavy (non-hydrogen) atoms. The maximum absolute atomic E-state index is 11.9. The number of halogens is 1. The van der Waals surface area contributed by atoms with Crippen molar-refractivity contribution < 1.29 is 4.79 Å². The predicted molar refractivity (Wildman–Crippen MR) is 71.2 cm³/mol. The molecule has 0 aliphatic heterocycles. The fourth-order valence-electron chi connectivity index (χ4n) is 1.86. The minimum Gasteiger partial charge on any atom is -0.341 e. The van der Waals surface area contributed by atoms with Crippen LogP contribution in [0.15, 0.2) is 30.3 Å². The van der Waals surface area contributed by atoms with Gasteiger partial charge in [0.25, 0.3) is 0 Å². The minimum atomic E-state index is -0.409. The van der Waals surface area contributed by atoms with E-state index in [4.69, 9.17) is 5.73 Å². The molecule has 4 heteroatoms. The Balaban J connectivity index is 0.00000144. The van der Waals surface area contributed by atoms with Gasteiger partial charge in [-0.05, 0) is 24.8 Å². The van der Waals surface area contributed by atoms with E-state index in [-0.39, 0.29) is 18.3 Å². The molecule has 2 rings (SSSR count). The van der Waals surface area contributed by atoms with Crippen LogP contribution in [-0.4, -0.2) is 29.9 Å². The lowest BCUT2D eigenvalue weighted by Gasteiger charge is -2.20. The summed E-state index contributed by atoms with van der Waals surface area (Å²) >= 11 is 0. The van der Waals surface area contributed by atoms with E-state index in [0.717, 1.165) is 18.4 Å². The van der Waals surface area contributed by atoms with Gasteiger partial charge in [-0.3, -0.25) is 4.79 Å². The van der Waals surface area contributed by atoms with Crippen LogP contribution in [0.1, 0.15) is 18.4 Å². The minimum absolute atomic E-state index is 0. The molecular weight excluding hydrogens is 236 g/mol. The monoisotopic (exact) mass is 254 g/mol. The molecule has 0 heterocycles. The van der Waals surface area contributed by atoms with Crippen LogP contribution in [0, 0.1) is 0 Å². The molecule has 0 saturated heterocycles. The van der Waals surface area contributed by atoms with Crippen LogP contribution in [0.2, 0.25) is 0 Å². The maximum Gasteiger partial charge on any atom is 0.239 e. The van der Waals surface area contributed by atoms with Gasteiger partial charge in [0.2, 0.25) is 5.91 Å². The van der Waals surface area contributed by atoms with Gasteiger partial charge in [-0.15, -0.1) is 12.4 Å². The summed E-state index contributed by atoms with van der Waals surface area (Å²) in [6.07, 6.45) is 2.87. The van der Waals surface area contributed by atoms with Crippen LogP contribution in [0.4, 0.5) is 0 Å². The van der Waals surface area contributed by atoms with E-state index >= 15 is 0 Å². The Labute approximate surface area is 108 Å². The van der Waals surface area contributed by atoms with Crippen molar-refractivity contribution in [2.45, 2.75) is 31.3 Å². The molecule has 0 unspecified atom stereocenters. The number of carbonyl (C=O) groups excluding carboxylic acids is 1. The molecule has 1 amide bonds. The molecule has 1 aromatic carbocycles. The summed E-state index contributed by atoms with van der Waals surface area (Å²) in [7, 11) is 1.85. The average molecular weight is 255 g/mol. The molecule has 1 aromatic rings. The highest BCUT2D eigenvalue weighted by atomic mass is 35.5. The van der Waals surface area contributed by atoms with Crippen molar-refractivity contribution >= 4 is 18.3 Å².